The number of nitrogen functional groups attached to an aromatic ring is 1. The van der Waals surface area contributed by atoms with Crippen LogP contribution in [0.4, 0.5) is 10.5 Å². The number of amides is 1. The number of hydrogen-bond donors (Lipinski definition) is 1. The number of hydrogen-bond acceptors (Lipinski definition) is 3. The van der Waals surface area contributed by atoms with Crippen LogP contribution in [-0.2, 0) is 4.74 Å². The molecule has 1 aromatic carbocycles. The molecule has 1 unspecified atom stereocenters. The Kier molecular flexibility index (Phi) is 6.72. The second kappa shape index (κ2) is 8.06. The van der Waals surface area contributed by atoms with Gasteiger partial charge in [-0.2, -0.15) is 0 Å². The number of anilines is 1. The molecule has 124 valence electrons. The molecule has 0 aliphatic heterocycles. The first kappa shape index (κ1) is 18.3. The van der Waals surface area contributed by atoms with Crippen molar-refractivity contribution in [1.29, 1.82) is 0 Å². The van der Waals surface area contributed by atoms with Crippen LogP contribution in [-0.4, -0.2) is 30.2 Å². The van der Waals surface area contributed by atoms with Gasteiger partial charge in [-0.3, -0.25) is 0 Å². The van der Waals surface area contributed by atoms with Crippen molar-refractivity contribution >= 4 is 11.8 Å². The summed E-state index contributed by atoms with van der Waals surface area (Å²) in [6.07, 6.45) is 2.83. The van der Waals surface area contributed by atoms with Crippen LogP contribution in [0.15, 0.2) is 24.3 Å². The summed E-state index contributed by atoms with van der Waals surface area (Å²) in [7, 11) is 1.79. The first-order valence-electron chi connectivity index (χ1n) is 8.02. The molecule has 1 amide bonds. The molecule has 0 radical (unpaired) electrons. The first-order chi connectivity index (χ1) is 10.2. The third-order valence-electron chi connectivity index (χ3n) is 3.65. The Balaban J connectivity index is 2.44. The largest absolute Gasteiger partial charge is 0.444 e. The maximum absolute atomic E-state index is 11.9. The van der Waals surface area contributed by atoms with Crippen LogP contribution in [0.5, 0.6) is 0 Å². The van der Waals surface area contributed by atoms with E-state index in [4.69, 9.17) is 10.5 Å². The molecule has 22 heavy (non-hydrogen) atoms. The fourth-order valence-corrected chi connectivity index (χ4v) is 2.38. The van der Waals surface area contributed by atoms with E-state index in [1.807, 2.05) is 32.9 Å². The lowest BCUT2D eigenvalue weighted by atomic mass is 9.92. The van der Waals surface area contributed by atoms with Crippen molar-refractivity contribution in [3.05, 3.63) is 29.8 Å². The van der Waals surface area contributed by atoms with Gasteiger partial charge < -0.3 is 15.4 Å². The third-order valence-corrected chi connectivity index (χ3v) is 3.65. The standard InChI is InChI=1S/C18H30N2O2/c1-6-14(15-9-11-16(19)12-10-15)8-7-13-20(5)17(21)22-18(2,3)4/h9-12,14H,6-8,13,19H2,1-5H3. The Morgan fingerprint density at radius 3 is 2.36 bits per heavy atom. The van der Waals surface area contributed by atoms with E-state index >= 15 is 0 Å². The SMILES string of the molecule is CCC(CCCN(C)C(=O)OC(C)(C)C)c1ccc(N)cc1. The van der Waals surface area contributed by atoms with E-state index in [9.17, 15) is 4.79 Å². The summed E-state index contributed by atoms with van der Waals surface area (Å²) in [5.41, 5.74) is 7.40. The van der Waals surface area contributed by atoms with Gasteiger partial charge in [-0.05, 0) is 63.6 Å². The van der Waals surface area contributed by atoms with E-state index in [-0.39, 0.29) is 6.09 Å². The topological polar surface area (TPSA) is 55.6 Å². The van der Waals surface area contributed by atoms with Crippen LogP contribution >= 0.6 is 0 Å². The molecular formula is C18H30N2O2. The van der Waals surface area contributed by atoms with Crippen molar-refractivity contribution in [3.8, 4) is 0 Å². The van der Waals surface area contributed by atoms with Gasteiger partial charge in [0.05, 0.1) is 0 Å². The number of nitrogens with zero attached hydrogens (tertiary/aromatic N) is 1. The van der Waals surface area contributed by atoms with Crippen LogP contribution in [0.25, 0.3) is 0 Å². The Morgan fingerprint density at radius 2 is 1.86 bits per heavy atom. The zero-order valence-corrected chi connectivity index (χ0v) is 14.6. The van der Waals surface area contributed by atoms with Crippen molar-refractivity contribution in [3.63, 3.8) is 0 Å². The second-order valence-corrected chi connectivity index (χ2v) is 6.82. The predicted octanol–water partition coefficient (Wildman–Crippen LogP) is 4.41. The van der Waals surface area contributed by atoms with Gasteiger partial charge in [-0.25, -0.2) is 4.79 Å². The minimum absolute atomic E-state index is 0.256. The maximum atomic E-state index is 11.9. The molecule has 0 aliphatic rings. The van der Waals surface area contributed by atoms with E-state index in [1.54, 1.807) is 11.9 Å². The molecule has 0 bridgehead atoms. The summed E-state index contributed by atoms with van der Waals surface area (Å²) in [5, 5.41) is 0. The van der Waals surface area contributed by atoms with Gasteiger partial charge in [0.15, 0.2) is 0 Å². The minimum atomic E-state index is -0.443. The Labute approximate surface area is 134 Å². The van der Waals surface area contributed by atoms with Gasteiger partial charge in [0.2, 0.25) is 0 Å². The van der Waals surface area contributed by atoms with Crippen molar-refractivity contribution < 1.29 is 9.53 Å². The Morgan fingerprint density at radius 1 is 1.27 bits per heavy atom. The van der Waals surface area contributed by atoms with Crippen molar-refractivity contribution in [1.82, 2.24) is 4.90 Å². The average Bonchev–Trinajstić information content (AvgIpc) is 2.43. The van der Waals surface area contributed by atoms with E-state index in [0.29, 0.717) is 12.5 Å². The average molecular weight is 306 g/mol. The minimum Gasteiger partial charge on any atom is -0.444 e. The summed E-state index contributed by atoms with van der Waals surface area (Å²) >= 11 is 0. The van der Waals surface area contributed by atoms with Gasteiger partial charge >= 0.3 is 6.09 Å². The molecule has 0 spiro atoms. The fourth-order valence-electron chi connectivity index (χ4n) is 2.38. The van der Waals surface area contributed by atoms with E-state index in [1.165, 1.54) is 5.56 Å². The lowest BCUT2D eigenvalue weighted by Crippen LogP contribution is -2.34. The van der Waals surface area contributed by atoms with Gasteiger partial charge in [-0.15, -0.1) is 0 Å². The molecule has 2 N–H and O–H groups in total. The molecule has 1 atom stereocenters. The highest BCUT2D eigenvalue weighted by Gasteiger charge is 2.19. The number of ether oxygens (including phenoxy) is 1. The molecule has 4 heteroatoms. The molecule has 0 aliphatic carbocycles. The van der Waals surface area contributed by atoms with Gasteiger partial charge in [0, 0.05) is 19.3 Å². The highest BCUT2D eigenvalue weighted by atomic mass is 16.6. The summed E-state index contributed by atoms with van der Waals surface area (Å²) in [4.78, 5) is 13.6. The summed E-state index contributed by atoms with van der Waals surface area (Å²) in [6.45, 7) is 8.55. The molecule has 1 aromatic rings. The monoisotopic (exact) mass is 306 g/mol. The van der Waals surface area contributed by atoms with Crippen molar-refractivity contribution in [2.45, 2.75) is 58.5 Å². The second-order valence-electron chi connectivity index (χ2n) is 6.82. The zero-order chi connectivity index (χ0) is 16.8. The van der Waals surface area contributed by atoms with E-state index in [2.05, 4.69) is 19.1 Å². The molecule has 0 fully saturated rings. The third kappa shape index (κ3) is 6.37. The molecule has 4 nitrogen and oxygen atoms in total. The smallest absolute Gasteiger partial charge is 0.410 e. The summed E-state index contributed by atoms with van der Waals surface area (Å²) in [5.74, 6) is 0.507. The Bertz CT molecular complexity index is 463. The number of carbonyl (C=O) groups is 1. The van der Waals surface area contributed by atoms with Crippen LogP contribution in [0.2, 0.25) is 0 Å². The quantitative estimate of drug-likeness (QED) is 0.792. The number of benzene rings is 1. The molecule has 0 saturated carbocycles. The van der Waals surface area contributed by atoms with Crippen molar-refractivity contribution in [2.24, 2.45) is 0 Å². The molecule has 0 saturated heterocycles. The van der Waals surface area contributed by atoms with E-state index < -0.39 is 5.60 Å². The maximum Gasteiger partial charge on any atom is 0.410 e. The van der Waals surface area contributed by atoms with E-state index in [0.717, 1.165) is 24.9 Å². The highest BCUT2D eigenvalue weighted by Crippen LogP contribution is 2.25. The lowest BCUT2D eigenvalue weighted by Gasteiger charge is -2.25. The highest BCUT2D eigenvalue weighted by molar-refractivity contribution is 5.67. The molecule has 0 aromatic heterocycles. The predicted molar refractivity (Wildman–Crippen MR) is 92.0 cm³/mol. The van der Waals surface area contributed by atoms with Crippen molar-refractivity contribution in [2.75, 3.05) is 19.3 Å². The normalized spacial score (nSPS) is 12.8. The number of rotatable bonds is 6. The number of carbonyl (C=O) groups excluding carboxylic acids is 1. The van der Waals surface area contributed by atoms with Gasteiger partial charge in [-0.1, -0.05) is 19.1 Å². The summed E-state index contributed by atoms with van der Waals surface area (Å²) < 4.78 is 5.35. The lowest BCUT2D eigenvalue weighted by molar-refractivity contribution is 0.0295. The fraction of sp³-hybridized carbons (Fsp3) is 0.611. The van der Waals surface area contributed by atoms with Crippen LogP contribution in [0.3, 0.4) is 0 Å². The zero-order valence-electron chi connectivity index (χ0n) is 14.6. The van der Waals surface area contributed by atoms with Crippen LogP contribution in [0, 0.1) is 0 Å². The summed E-state index contributed by atoms with van der Waals surface area (Å²) in [6, 6.07) is 8.10. The molecular weight excluding hydrogens is 276 g/mol. The van der Waals surface area contributed by atoms with Gasteiger partial charge in [0.25, 0.3) is 0 Å². The van der Waals surface area contributed by atoms with Crippen LogP contribution < -0.4 is 5.73 Å². The Hall–Kier alpha value is -1.71. The van der Waals surface area contributed by atoms with Crippen LogP contribution in [0.1, 0.15) is 58.4 Å². The van der Waals surface area contributed by atoms with Gasteiger partial charge in [0.1, 0.15) is 5.60 Å². The molecule has 1 rings (SSSR count). The molecule has 0 heterocycles. The number of nitrogens with two attached hydrogens (primary N) is 1. The first-order valence-corrected chi connectivity index (χ1v) is 8.02.